The molecule has 0 aromatic heterocycles. The first-order chi connectivity index (χ1) is 3.77. The summed E-state index contributed by atoms with van der Waals surface area (Å²) in [6, 6.07) is 0. The summed E-state index contributed by atoms with van der Waals surface area (Å²) < 4.78 is 2.06. The Morgan fingerprint density at radius 3 is 2.50 bits per heavy atom. The molecule has 0 amide bonds. The zero-order chi connectivity index (χ0) is 6.41. The van der Waals surface area contributed by atoms with Crippen molar-refractivity contribution in [2.24, 2.45) is 0 Å². The highest BCUT2D eigenvalue weighted by Crippen LogP contribution is 1.89. The van der Waals surface area contributed by atoms with Crippen molar-refractivity contribution >= 4 is 22.6 Å². The van der Waals surface area contributed by atoms with Gasteiger partial charge in [-0.15, -0.1) is 0 Å². The average molecular weight is 225 g/mol. The van der Waals surface area contributed by atoms with Gasteiger partial charge in [0, 0.05) is 6.54 Å². The maximum absolute atomic E-state index is 2.24. The Morgan fingerprint density at radius 2 is 2.12 bits per heavy atom. The Bertz CT molecular complexity index is 68.9. The van der Waals surface area contributed by atoms with Crippen molar-refractivity contribution in [1.29, 1.82) is 0 Å². The molecule has 0 aliphatic rings. The van der Waals surface area contributed by atoms with Crippen LogP contribution >= 0.6 is 22.6 Å². The Morgan fingerprint density at radius 1 is 1.50 bits per heavy atom. The van der Waals surface area contributed by atoms with Gasteiger partial charge >= 0.3 is 0 Å². The Labute approximate surface area is 64.9 Å². The lowest BCUT2D eigenvalue weighted by molar-refractivity contribution is 0.417. The monoisotopic (exact) mass is 225 g/mol. The zero-order valence-electron chi connectivity index (χ0n) is 5.39. The quantitative estimate of drug-likeness (QED) is 0.663. The Kier molecular flexibility index (Phi) is 5.86. The van der Waals surface area contributed by atoms with Crippen LogP contribution in [0.2, 0.25) is 0 Å². The Hall–Kier alpha value is 0.430. The number of hydrogen-bond donors (Lipinski definition) is 0. The summed E-state index contributed by atoms with van der Waals surface area (Å²) in [7, 11) is 4.17. The van der Waals surface area contributed by atoms with Crippen LogP contribution < -0.4 is 0 Å². The maximum Gasteiger partial charge on any atom is 0.00101 e. The van der Waals surface area contributed by atoms with Gasteiger partial charge in [-0.1, -0.05) is 28.7 Å². The summed E-state index contributed by atoms with van der Waals surface area (Å²) in [6.07, 6.45) is 3.33. The molecule has 0 radical (unpaired) electrons. The molecule has 1 nitrogen and oxygen atoms in total. The molecule has 0 aromatic rings. The van der Waals surface area contributed by atoms with E-state index in [1.807, 2.05) is 0 Å². The highest BCUT2D eigenvalue weighted by Gasteiger charge is 1.82. The van der Waals surface area contributed by atoms with Crippen molar-refractivity contribution in [1.82, 2.24) is 4.90 Å². The molecule has 48 valence electrons. The minimum Gasteiger partial charge on any atom is -0.309 e. The normalized spacial score (nSPS) is 11.5. The van der Waals surface area contributed by atoms with Crippen LogP contribution in [0.25, 0.3) is 0 Å². The molecular weight excluding hydrogens is 213 g/mol. The van der Waals surface area contributed by atoms with Crippen LogP contribution in [0.15, 0.2) is 10.2 Å². The molecule has 0 unspecified atom stereocenters. The fraction of sp³-hybridized carbons (Fsp3) is 0.667. The van der Waals surface area contributed by atoms with E-state index in [0.29, 0.717) is 0 Å². The Balaban J connectivity index is 2.93. The molecule has 0 saturated carbocycles. The van der Waals surface area contributed by atoms with E-state index in [-0.39, 0.29) is 0 Å². The van der Waals surface area contributed by atoms with Gasteiger partial charge in [-0.2, -0.15) is 0 Å². The fourth-order valence-corrected chi connectivity index (χ4v) is 0.755. The van der Waals surface area contributed by atoms with Gasteiger partial charge in [0.25, 0.3) is 0 Å². The number of rotatable bonds is 3. The van der Waals surface area contributed by atoms with Crippen LogP contribution in [0.1, 0.15) is 6.42 Å². The predicted molar refractivity (Wildman–Crippen MR) is 46.3 cm³/mol. The van der Waals surface area contributed by atoms with E-state index in [1.54, 1.807) is 0 Å². The molecule has 0 fully saturated rings. The molecular formula is C6H12IN. The fourth-order valence-electron chi connectivity index (χ4n) is 0.396. The zero-order valence-corrected chi connectivity index (χ0v) is 7.55. The van der Waals surface area contributed by atoms with Crippen LogP contribution in [0.5, 0.6) is 0 Å². The van der Waals surface area contributed by atoms with Crippen molar-refractivity contribution < 1.29 is 0 Å². The standard InChI is InChI=1S/C6H12IN/c1-8(2)6-4-3-5-7/h3,5H,4,6H2,1-2H3/b5-3-. The first-order valence-corrected chi connectivity index (χ1v) is 3.92. The first kappa shape index (κ1) is 8.43. The minimum atomic E-state index is 1.15. The van der Waals surface area contributed by atoms with E-state index in [9.17, 15) is 0 Å². The van der Waals surface area contributed by atoms with E-state index in [2.05, 4.69) is 51.7 Å². The molecule has 0 aliphatic heterocycles. The van der Waals surface area contributed by atoms with Crippen LogP contribution in [0, 0.1) is 0 Å². The molecule has 0 heterocycles. The van der Waals surface area contributed by atoms with Crippen molar-refractivity contribution in [3.63, 3.8) is 0 Å². The SMILES string of the molecule is CN(C)CC/C=C\I. The number of nitrogens with zero attached hydrogens (tertiary/aromatic N) is 1. The topological polar surface area (TPSA) is 3.24 Å². The molecule has 0 rings (SSSR count). The largest absolute Gasteiger partial charge is 0.309 e. The first-order valence-electron chi connectivity index (χ1n) is 2.67. The summed E-state index contributed by atoms with van der Waals surface area (Å²) in [6.45, 7) is 1.15. The summed E-state index contributed by atoms with van der Waals surface area (Å²) in [5, 5.41) is 0. The highest BCUT2D eigenvalue weighted by atomic mass is 127. The van der Waals surface area contributed by atoms with E-state index in [4.69, 9.17) is 0 Å². The highest BCUT2D eigenvalue weighted by molar-refractivity contribution is 14.1. The molecule has 0 spiro atoms. The van der Waals surface area contributed by atoms with Crippen molar-refractivity contribution in [2.45, 2.75) is 6.42 Å². The number of halogens is 1. The average Bonchev–Trinajstić information content (AvgIpc) is 1.66. The smallest absolute Gasteiger partial charge is 0.00101 e. The molecule has 0 N–H and O–H groups in total. The van der Waals surface area contributed by atoms with Gasteiger partial charge in [-0.25, -0.2) is 0 Å². The third-order valence-corrected chi connectivity index (χ3v) is 1.34. The second kappa shape index (κ2) is 5.56. The molecule has 8 heavy (non-hydrogen) atoms. The van der Waals surface area contributed by atoms with Crippen molar-refractivity contribution in [3.05, 3.63) is 10.2 Å². The van der Waals surface area contributed by atoms with Crippen LogP contribution in [-0.2, 0) is 0 Å². The lowest BCUT2D eigenvalue weighted by Gasteiger charge is -2.04. The molecule has 0 aromatic carbocycles. The van der Waals surface area contributed by atoms with Gasteiger partial charge < -0.3 is 4.90 Å². The lowest BCUT2D eigenvalue weighted by Crippen LogP contribution is -2.11. The second-order valence-electron chi connectivity index (χ2n) is 1.95. The van der Waals surface area contributed by atoms with Gasteiger partial charge in [0.1, 0.15) is 0 Å². The van der Waals surface area contributed by atoms with E-state index in [0.717, 1.165) is 13.0 Å². The van der Waals surface area contributed by atoms with Crippen molar-refractivity contribution in [3.8, 4) is 0 Å². The summed E-state index contributed by atoms with van der Waals surface area (Å²) >= 11 is 2.24. The number of hydrogen-bond acceptors (Lipinski definition) is 1. The van der Waals surface area contributed by atoms with Gasteiger partial charge in [-0.05, 0) is 24.6 Å². The lowest BCUT2D eigenvalue weighted by atomic mass is 10.4. The van der Waals surface area contributed by atoms with Gasteiger partial charge in [0.15, 0.2) is 0 Å². The second-order valence-corrected chi connectivity index (χ2v) is 2.67. The summed E-state index contributed by atoms with van der Waals surface area (Å²) in [5.74, 6) is 0. The third-order valence-electron chi connectivity index (χ3n) is 0.832. The van der Waals surface area contributed by atoms with Crippen LogP contribution in [0.3, 0.4) is 0 Å². The van der Waals surface area contributed by atoms with Gasteiger partial charge in [0.2, 0.25) is 0 Å². The maximum atomic E-state index is 2.24. The van der Waals surface area contributed by atoms with Gasteiger partial charge in [0.05, 0.1) is 0 Å². The summed E-state index contributed by atoms with van der Waals surface area (Å²) in [5.41, 5.74) is 0. The minimum absolute atomic E-state index is 1.15. The van der Waals surface area contributed by atoms with E-state index in [1.165, 1.54) is 0 Å². The van der Waals surface area contributed by atoms with Crippen LogP contribution in [-0.4, -0.2) is 25.5 Å². The molecule has 0 saturated heterocycles. The predicted octanol–water partition coefficient (Wildman–Crippen LogP) is 1.89. The van der Waals surface area contributed by atoms with Crippen LogP contribution in [0.4, 0.5) is 0 Å². The third kappa shape index (κ3) is 6.43. The molecule has 0 bridgehead atoms. The van der Waals surface area contributed by atoms with Crippen molar-refractivity contribution in [2.75, 3.05) is 20.6 Å². The molecule has 0 aliphatic carbocycles. The van der Waals surface area contributed by atoms with E-state index >= 15 is 0 Å². The molecule has 2 heteroatoms. The summed E-state index contributed by atoms with van der Waals surface area (Å²) in [4.78, 5) is 2.18. The molecule has 0 atom stereocenters. The van der Waals surface area contributed by atoms with E-state index < -0.39 is 0 Å². The van der Waals surface area contributed by atoms with Gasteiger partial charge in [-0.3, -0.25) is 0 Å².